The van der Waals surface area contributed by atoms with Gasteiger partial charge in [0.25, 0.3) is 5.56 Å². The van der Waals surface area contributed by atoms with Crippen molar-refractivity contribution in [1.82, 2.24) is 14.9 Å². The van der Waals surface area contributed by atoms with E-state index in [0.29, 0.717) is 30.8 Å². The van der Waals surface area contributed by atoms with Crippen LogP contribution in [0.15, 0.2) is 40.3 Å². The number of hydrogen-bond donors (Lipinski definition) is 1. The Morgan fingerprint density at radius 2 is 2.15 bits per heavy atom. The van der Waals surface area contributed by atoms with Gasteiger partial charge in [0.2, 0.25) is 5.91 Å². The maximum absolute atomic E-state index is 13.7. The molecule has 0 spiro atoms. The fraction of sp³-hybridized carbons (Fsp3) is 0.480. The topological polar surface area (TPSA) is 73.2 Å². The van der Waals surface area contributed by atoms with Crippen LogP contribution in [0.5, 0.6) is 0 Å². The van der Waals surface area contributed by atoms with E-state index < -0.39 is 0 Å². The van der Waals surface area contributed by atoms with Gasteiger partial charge in [-0.2, -0.15) is 0 Å². The van der Waals surface area contributed by atoms with Gasteiger partial charge in [0.1, 0.15) is 4.83 Å². The largest absolute Gasteiger partial charge is 0.385 e. The van der Waals surface area contributed by atoms with E-state index in [1.54, 1.807) is 23.0 Å². The van der Waals surface area contributed by atoms with Crippen molar-refractivity contribution < 1.29 is 9.53 Å². The summed E-state index contributed by atoms with van der Waals surface area (Å²) < 4.78 is 6.80. The zero-order chi connectivity index (χ0) is 23.2. The molecule has 1 aromatic carbocycles. The van der Waals surface area contributed by atoms with Crippen LogP contribution in [0, 0.1) is 5.92 Å². The van der Waals surface area contributed by atoms with Crippen LogP contribution in [0.3, 0.4) is 0 Å². The average Bonchev–Trinajstić information content (AvgIpc) is 3.18. The number of hydrogen-bond acceptors (Lipinski definition) is 6. The molecule has 1 aliphatic rings. The zero-order valence-corrected chi connectivity index (χ0v) is 20.9. The number of carbonyl (C=O) groups is 1. The Kier molecular flexibility index (Phi) is 8.22. The molecule has 2 heterocycles. The molecule has 3 aromatic rings. The number of thiophene rings is 1. The predicted molar refractivity (Wildman–Crippen MR) is 135 cm³/mol. The SMILES string of the molecule is COCCCNC(=O)CSc1nc2sc3c(c2c(=O)n1CCc1ccccc1)CCC(C)C3. The molecule has 6 nitrogen and oxygen atoms in total. The van der Waals surface area contributed by atoms with E-state index in [-0.39, 0.29) is 17.2 Å². The lowest BCUT2D eigenvalue weighted by Gasteiger charge is -2.18. The quantitative estimate of drug-likeness (QED) is 0.266. The summed E-state index contributed by atoms with van der Waals surface area (Å²) in [4.78, 5) is 33.0. The minimum Gasteiger partial charge on any atom is -0.385 e. The second kappa shape index (κ2) is 11.3. The maximum Gasteiger partial charge on any atom is 0.263 e. The highest BCUT2D eigenvalue weighted by atomic mass is 32.2. The number of aryl methyl sites for hydroxylation is 2. The number of nitrogens with zero attached hydrogens (tertiary/aromatic N) is 2. The van der Waals surface area contributed by atoms with Crippen LogP contribution in [0.25, 0.3) is 10.2 Å². The molecule has 0 radical (unpaired) electrons. The zero-order valence-electron chi connectivity index (χ0n) is 19.3. The van der Waals surface area contributed by atoms with E-state index in [1.165, 1.54) is 27.8 Å². The van der Waals surface area contributed by atoms with Gasteiger partial charge in [0, 0.05) is 31.7 Å². The first kappa shape index (κ1) is 24.0. The van der Waals surface area contributed by atoms with E-state index in [0.717, 1.165) is 42.3 Å². The van der Waals surface area contributed by atoms with Crippen molar-refractivity contribution >= 4 is 39.2 Å². The molecule has 1 atom stereocenters. The third-order valence-corrected chi connectivity index (χ3v) is 8.15. The minimum atomic E-state index is -0.0562. The summed E-state index contributed by atoms with van der Waals surface area (Å²) in [5.41, 5.74) is 2.41. The number of fused-ring (bicyclic) bond motifs is 3. The van der Waals surface area contributed by atoms with Gasteiger partial charge in [0.15, 0.2) is 5.16 Å². The van der Waals surface area contributed by atoms with Gasteiger partial charge in [0.05, 0.1) is 11.1 Å². The van der Waals surface area contributed by atoms with Crippen molar-refractivity contribution in [3.63, 3.8) is 0 Å². The molecule has 1 amide bonds. The van der Waals surface area contributed by atoms with Crippen molar-refractivity contribution in [2.75, 3.05) is 26.0 Å². The van der Waals surface area contributed by atoms with Crippen LogP contribution in [-0.2, 0) is 35.3 Å². The number of rotatable bonds is 10. The number of ether oxygens (including phenoxy) is 1. The highest BCUT2D eigenvalue weighted by molar-refractivity contribution is 7.99. The molecule has 0 saturated carbocycles. The van der Waals surface area contributed by atoms with Crippen molar-refractivity contribution in [3.05, 3.63) is 56.7 Å². The number of aromatic nitrogens is 2. The normalized spacial score (nSPS) is 15.5. The van der Waals surface area contributed by atoms with Crippen LogP contribution >= 0.6 is 23.1 Å². The molecule has 2 aromatic heterocycles. The first-order valence-corrected chi connectivity index (χ1v) is 13.3. The number of amides is 1. The van der Waals surface area contributed by atoms with Crippen molar-refractivity contribution in [2.24, 2.45) is 5.92 Å². The fourth-order valence-electron chi connectivity index (χ4n) is 4.22. The van der Waals surface area contributed by atoms with Crippen LogP contribution in [-0.4, -0.2) is 41.5 Å². The molecule has 8 heteroatoms. The van der Waals surface area contributed by atoms with Crippen molar-refractivity contribution in [3.8, 4) is 0 Å². The Labute approximate surface area is 202 Å². The lowest BCUT2D eigenvalue weighted by atomic mass is 9.89. The summed E-state index contributed by atoms with van der Waals surface area (Å²) in [6.07, 6.45) is 4.60. The fourth-order valence-corrected chi connectivity index (χ4v) is 6.50. The van der Waals surface area contributed by atoms with Gasteiger partial charge in [-0.25, -0.2) is 4.98 Å². The second-order valence-corrected chi connectivity index (χ2v) is 10.6. The Morgan fingerprint density at radius 1 is 1.33 bits per heavy atom. The Hall–Kier alpha value is -2.16. The summed E-state index contributed by atoms with van der Waals surface area (Å²) >= 11 is 3.00. The first-order chi connectivity index (χ1) is 16.1. The summed E-state index contributed by atoms with van der Waals surface area (Å²) in [6, 6.07) is 10.2. The van der Waals surface area contributed by atoms with Crippen LogP contribution in [0.1, 0.15) is 35.8 Å². The Balaban J connectivity index is 1.60. The molecule has 1 N–H and O–H groups in total. The average molecular weight is 486 g/mol. The molecule has 0 bridgehead atoms. The van der Waals surface area contributed by atoms with Gasteiger partial charge < -0.3 is 10.1 Å². The molecular formula is C25H31N3O3S2. The molecule has 4 rings (SSSR count). The first-order valence-electron chi connectivity index (χ1n) is 11.5. The molecule has 0 saturated heterocycles. The number of carbonyl (C=O) groups excluding carboxylic acids is 1. The molecule has 0 fully saturated rings. The van der Waals surface area contributed by atoms with E-state index >= 15 is 0 Å². The molecular weight excluding hydrogens is 454 g/mol. The lowest BCUT2D eigenvalue weighted by molar-refractivity contribution is -0.118. The highest BCUT2D eigenvalue weighted by Crippen LogP contribution is 2.36. The second-order valence-electron chi connectivity index (χ2n) is 8.60. The monoisotopic (exact) mass is 485 g/mol. The van der Waals surface area contributed by atoms with Gasteiger partial charge in [-0.15, -0.1) is 11.3 Å². The van der Waals surface area contributed by atoms with E-state index in [4.69, 9.17) is 9.72 Å². The van der Waals surface area contributed by atoms with E-state index in [9.17, 15) is 9.59 Å². The van der Waals surface area contributed by atoms with E-state index in [1.807, 2.05) is 18.2 Å². The van der Waals surface area contributed by atoms with Gasteiger partial charge in [-0.3, -0.25) is 14.2 Å². The smallest absolute Gasteiger partial charge is 0.263 e. The maximum atomic E-state index is 13.7. The highest BCUT2D eigenvalue weighted by Gasteiger charge is 2.25. The summed E-state index contributed by atoms with van der Waals surface area (Å²) in [5, 5.41) is 4.33. The number of methoxy groups -OCH3 is 1. The van der Waals surface area contributed by atoms with Gasteiger partial charge in [-0.1, -0.05) is 49.0 Å². The van der Waals surface area contributed by atoms with Crippen LogP contribution < -0.4 is 10.9 Å². The molecule has 176 valence electrons. The molecule has 1 unspecified atom stereocenters. The molecule has 33 heavy (non-hydrogen) atoms. The van der Waals surface area contributed by atoms with Crippen LogP contribution in [0.2, 0.25) is 0 Å². The van der Waals surface area contributed by atoms with Crippen LogP contribution in [0.4, 0.5) is 0 Å². The summed E-state index contributed by atoms with van der Waals surface area (Å²) in [6.45, 7) is 4.01. The van der Waals surface area contributed by atoms with Crippen molar-refractivity contribution in [2.45, 2.75) is 50.7 Å². The van der Waals surface area contributed by atoms with Gasteiger partial charge >= 0.3 is 0 Å². The third kappa shape index (κ3) is 5.86. The molecule has 0 aliphatic heterocycles. The number of thioether (sulfide) groups is 1. The third-order valence-electron chi connectivity index (χ3n) is 6.03. The Morgan fingerprint density at radius 3 is 2.94 bits per heavy atom. The lowest BCUT2D eigenvalue weighted by Crippen LogP contribution is -2.28. The number of benzene rings is 1. The van der Waals surface area contributed by atoms with E-state index in [2.05, 4.69) is 24.4 Å². The number of nitrogens with one attached hydrogen (secondary N) is 1. The predicted octanol–water partition coefficient (Wildman–Crippen LogP) is 4.07. The van der Waals surface area contributed by atoms with Crippen molar-refractivity contribution in [1.29, 1.82) is 0 Å². The Bertz CT molecular complexity index is 1160. The molecule has 1 aliphatic carbocycles. The standard InChI is InChI=1S/C25H31N3O3S2/c1-17-9-10-19-20(15-17)33-23-22(19)24(30)28(13-11-18-7-4-3-5-8-18)25(27-23)32-16-21(29)26-12-6-14-31-2/h3-5,7-8,17H,6,9-16H2,1-2H3,(H,26,29). The van der Waals surface area contributed by atoms with Gasteiger partial charge in [-0.05, 0) is 49.1 Å². The summed E-state index contributed by atoms with van der Waals surface area (Å²) in [5.74, 6) is 0.819. The summed E-state index contributed by atoms with van der Waals surface area (Å²) in [7, 11) is 1.65. The minimum absolute atomic E-state index is 0.0333.